The van der Waals surface area contributed by atoms with Crippen LogP contribution >= 0.6 is 0 Å². The van der Waals surface area contributed by atoms with Crippen molar-refractivity contribution in [1.82, 2.24) is 0 Å². The van der Waals surface area contributed by atoms with Crippen molar-refractivity contribution in [3.05, 3.63) is 29.2 Å². The van der Waals surface area contributed by atoms with Crippen LogP contribution in [-0.2, 0) is 0 Å². The Morgan fingerprint density at radius 2 is 2.17 bits per heavy atom. The van der Waals surface area contributed by atoms with E-state index in [1.165, 1.54) is 11.3 Å². The van der Waals surface area contributed by atoms with Gasteiger partial charge in [0.15, 0.2) is 0 Å². The molecule has 3 aliphatic rings. The minimum Gasteiger partial charge on any atom is -0.465 e. The lowest BCUT2D eigenvalue weighted by Gasteiger charge is -2.38. The maximum atomic E-state index is 5.51. The molecule has 0 amide bonds. The lowest BCUT2D eigenvalue weighted by molar-refractivity contribution is 0.555. The summed E-state index contributed by atoms with van der Waals surface area (Å²) in [5.74, 6) is 1.22. The summed E-state index contributed by atoms with van der Waals surface area (Å²) in [6.07, 6.45) is 1.83. The number of hydrogen-bond donors (Lipinski definition) is 0. The summed E-state index contributed by atoms with van der Waals surface area (Å²) in [7, 11) is -1.08. The van der Waals surface area contributed by atoms with Crippen molar-refractivity contribution in [1.29, 1.82) is 0 Å². The monoisotopic (exact) mass is 176 g/mol. The van der Waals surface area contributed by atoms with Gasteiger partial charge in [-0.1, -0.05) is 18.7 Å². The molecular weight excluding hydrogens is 164 g/mol. The van der Waals surface area contributed by atoms with Crippen LogP contribution in [0.15, 0.2) is 22.3 Å². The summed E-state index contributed by atoms with van der Waals surface area (Å²) in [5, 5.41) is 1.59. The molecule has 0 spiro atoms. The molecule has 2 heteroatoms. The molecule has 12 heavy (non-hydrogen) atoms. The molecule has 0 aromatic carbocycles. The smallest absolute Gasteiger partial charge is 0.129 e. The zero-order valence-corrected chi connectivity index (χ0v) is 8.64. The van der Waals surface area contributed by atoms with Crippen molar-refractivity contribution in [3.8, 4) is 0 Å². The summed E-state index contributed by atoms with van der Waals surface area (Å²) in [4.78, 5) is 0. The molecule has 3 heterocycles. The standard InChI is InChI=1S/C10H12OSi/c1-6-9-7-4-5-11-8(7)10(6)12(9,2)3/h4-5,9H,1-3H3. The van der Waals surface area contributed by atoms with Gasteiger partial charge in [0, 0.05) is 11.1 Å². The second-order valence-electron chi connectivity index (χ2n) is 4.42. The predicted octanol–water partition coefficient (Wildman–Crippen LogP) is 2.95. The summed E-state index contributed by atoms with van der Waals surface area (Å²) < 4.78 is 5.51. The lowest BCUT2D eigenvalue weighted by Crippen LogP contribution is -2.41. The van der Waals surface area contributed by atoms with Crippen molar-refractivity contribution in [2.75, 3.05) is 0 Å². The average Bonchev–Trinajstić information content (AvgIpc) is 2.48. The van der Waals surface area contributed by atoms with E-state index in [0.717, 1.165) is 5.54 Å². The Labute approximate surface area is 73.1 Å². The maximum absolute atomic E-state index is 5.51. The van der Waals surface area contributed by atoms with Crippen molar-refractivity contribution < 1.29 is 4.42 Å². The molecule has 1 unspecified atom stereocenters. The van der Waals surface area contributed by atoms with E-state index in [-0.39, 0.29) is 0 Å². The third-order valence-electron chi connectivity index (χ3n) is 3.43. The van der Waals surface area contributed by atoms with Crippen molar-refractivity contribution in [2.45, 2.75) is 25.6 Å². The van der Waals surface area contributed by atoms with Gasteiger partial charge in [-0.25, -0.2) is 0 Å². The van der Waals surface area contributed by atoms with Gasteiger partial charge in [-0.15, -0.1) is 0 Å². The first-order chi connectivity index (χ1) is 5.64. The summed E-state index contributed by atoms with van der Waals surface area (Å²) in [6, 6.07) is 2.15. The molecule has 2 aliphatic heterocycles. The van der Waals surface area contributed by atoms with Crippen molar-refractivity contribution >= 4 is 13.3 Å². The number of rotatable bonds is 0. The van der Waals surface area contributed by atoms with Crippen LogP contribution in [0.3, 0.4) is 0 Å². The zero-order valence-electron chi connectivity index (χ0n) is 7.64. The molecule has 62 valence electrons. The van der Waals surface area contributed by atoms with Crippen LogP contribution in [-0.4, -0.2) is 8.07 Å². The van der Waals surface area contributed by atoms with Gasteiger partial charge in [-0.3, -0.25) is 0 Å². The minimum atomic E-state index is -1.08. The highest BCUT2D eigenvalue weighted by atomic mass is 28.3. The highest BCUT2D eigenvalue weighted by Gasteiger charge is 2.56. The van der Waals surface area contributed by atoms with Gasteiger partial charge in [0.05, 0.1) is 14.3 Å². The van der Waals surface area contributed by atoms with E-state index in [9.17, 15) is 0 Å². The van der Waals surface area contributed by atoms with Gasteiger partial charge in [0.25, 0.3) is 0 Å². The molecule has 0 saturated carbocycles. The molecule has 1 aliphatic carbocycles. The molecule has 1 atom stereocenters. The van der Waals surface area contributed by atoms with Crippen LogP contribution in [0.4, 0.5) is 0 Å². The van der Waals surface area contributed by atoms with E-state index in [1.807, 2.05) is 6.26 Å². The summed E-state index contributed by atoms with van der Waals surface area (Å²) in [6.45, 7) is 7.14. The summed E-state index contributed by atoms with van der Waals surface area (Å²) in [5.41, 5.74) is 3.83. The molecule has 4 rings (SSSR count). The first-order valence-corrected chi connectivity index (χ1v) is 7.51. The van der Waals surface area contributed by atoms with E-state index in [4.69, 9.17) is 4.42 Å². The molecule has 0 radical (unpaired) electrons. The van der Waals surface area contributed by atoms with Crippen LogP contribution in [0.1, 0.15) is 23.8 Å². The Kier molecular flexibility index (Phi) is 0.906. The van der Waals surface area contributed by atoms with Crippen LogP contribution in [0, 0.1) is 0 Å². The quantitative estimate of drug-likeness (QED) is 0.554. The van der Waals surface area contributed by atoms with Crippen LogP contribution < -0.4 is 0 Å². The fraction of sp³-hybridized carbons (Fsp3) is 0.400. The second kappa shape index (κ2) is 1.62. The molecule has 0 saturated heterocycles. The molecular formula is C10H12OSi. The number of furan rings is 1. The Morgan fingerprint density at radius 1 is 1.42 bits per heavy atom. The SMILES string of the molecule is CC1=C2c3occc3C1[Si]2(C)C. The van der Waals surface area contributed by atoms with E-state index in [1.54, 1.807) is 10.8 Å². The lowest BCUT2D eigenvalue weighted by atomic mass is 10.2. The van der Waals surface area contributed by atoms with Gasteiger partial charge < -0.3 is 4.42 Å². The van der Waals surface area contributed by atoms with Crippen LogP contribution in [0.25, 0.3) is 5.20 Å². The third kappa shape index (κ3) is 0.452. The van der Waals surface area contributed by atoms with Gasteiger partial charge in [0.2, 0.25) is 0 Å². The average molecular weight is 176 g/mol. The second-order valence-corrected chi connectivity index (χ2v) is 8.94. The Balaban J connectivity index is 2.31. The summed E-state index contributed by atoms with van der Waals surface area (Å²) >= 11 is 0. The Morgan fingerprint density at radius 3 is 2.75 bits per heavy atom. The highest BCUT2D eigenvalue weighted by molar-refractivity contribution is 7.01. The first-order valence-electron chi connectivity index (χ1n) is 4.43. The molecule has 0 fully saturated rings. The topological polar surface area (TPSA) is 13.1 Å². The van der Waals surface area contributed by atoms with E-state index >= 15 is 0 Å². The predicted molar refractivity (Wildman–Crippen MR) is 51.5 cm³/mol. The molecule has 1 nitrogen and oxygen atoms in total. The minimum absolute atomic E-state index is 0.779. The van der Waals surface area contributed by atoms with Crippen LogP contribution in [0.5, 0.6) is 0 Å². The maximum Gasteiger partial charge on any atom is 0.129 e. The normalized spacial score (nSPS) is 28.8. The fourth-order valence-electron chi connectivity index (χ4n) is 3.10. The Bertz CT molecular complexity index is 398. The Hall–Kier alpha value is -0.763. The first kappa shape index (κ1) is 6.72. The van der Waals surface area contributed by atoms with E-state index in [0.29, 0.717) is 0 Å². The van der Waals surface area contributed by atoms with Crippen molar-refractivity contribution in [2.24, 2.45) is 0 Å². The number of allylic oxidation sites excluding steroid dienone is 1. The largest absolute Gasteiger partial charge is 0.465 e. The zero-order chi connectivity index (χ0) is 8.51. The van der Waals surface area contributed by atoms with Gasteiger partial charge in [-0.05, 0) is 18.2 Å². The van der Waals surface area contributed by atoms with Gasteiger partial charge in [-0.2, -0.15) is 0 Å². The fourth-order valence-corrected chi connectivity index (χ4v) is 7.35. The van der Waals surface area contributed by atoms with E-state index < -0.39 is 8.07 Å². The van der Waals surface area contributed by atoms with Crippen molar-refractivity contribution in [3.63, 3.8) is 0 Å². The molecule has 1 aromatic heterocycles. The van der Waals surface area contributed by atoms with Gasteiger partial charge in [0.1, 0.15) is 5.76 Å². The van der Waals surface area contributed by atoms with Gasteiger partial charge >= 0.3 is 0 Å². The van der Waals surface area contributed by atoms with Crippen LogP contribution in [0.2, 0.25) is 13.1 Å². The van der Waals surface area contributed by atoms with E-state index in [2.05, 4.69) is 26.1 Å². The third-order valence-corrected chi connectivity index (χ3v) is 7.52. The molecule has 0 N–H and O–H groups in total. The molecule has 1 aromatic rings. The molecule has 2 bridgehead atoms. The highest BCUT2D eigenvalue weighted by Crippen LogP contribution is 2.61. The number of hydrogen-bond acceptors (Lipinski definition) is 1.